The van der Waals surface area contributed by atoms with Gasteiger partial charge in [-0.1, -0.05) is 13.3 Å². The highest BCUT2D eigenvalue weighted by atomic mass is 16.6. The van der Waals surface area contributed by atoms with Gasteiger partial charge in [0.05, 0.1) is 25.9 Å². The number of hydrogen-bond acceptors (Lipinski definition) is 4. The summed E-state index contributed by atoms with van der Waals surface area (Å²) in [6.07, 6.45) is 1.99. The van der Waals surface area contributed by atoms with E-state index in [-0.39, 0.29) is 12.2 Å². The number of ether oxygens (including phenoxy) is 2. The molecule has 0 aliphatic carbocycles. The van der Waals surface area contributed by atoms with Crippen molar-refractivity contribution in [3.63, 3.8) is 0 Å². The highest BCUT2D eigenvalue weighted by Gasteiger charge is 2.46. The fourth-order valence-corrected chi connectivity index (χ4v) is 2.77. The Morgan fingerprint density at radius 3 is 2.89 bits per heavy atom. The molecule has 2 saturated heterocycles. The molecule has 3 unspecified atom stereocenters. The third-order valence-electron chi connectivity index (χ3n) is 3.93. The molecular formula is C13H24N2O3. The highest BCUT2D eigenvalue weighted by molar-refractivity contribution is 5.68. The Hall–Kier alpha value is -0.810. The molecule has 0 aromatic heterocycles. The minimum atomic E-state index is -0.182. The monoisotopic (exact) mass is 256 g/mol. The van der Waals surface area contributed by atoms with Crippen molar-refractivity contribution < 1.29 is 14.3 Å². The van der Waals surface area contributed by atoms with E-state index in [2.05, 4.69) is 25.9 Å². The minimum Gasteiger partial charge on any atom is -0.449 e. The van der Waals surface area contributed by atoms with Gasteiger partial charge in [-0.05, 0) is 20.5 Å². The number of carbonyl (C=O) groups excluding carboxylic acids is 1. The van der Waals surface area contributed by atoms with Crippen molar-refractivity contribution in [2.24, 2.45) is 5.92 Å². The molecule has 2 aliphatic rings. The molecule has 3 atom stereocenters. The third-order valence-corrected chi connectivity index (χ3v) is 3.93. The Balaban J connectivity index is 1.83. The maximum Gasteiger partial charge on any atom is 0.409 e. The van der Waals surface area contributed by atoms with E-state index in [1.54, 1.807) is 4.90 Å². The number of rotatable bonds is 4. The molecule has 1 amide bonds. The lowest BCUT2D eigenvalue weighted by Gasteiger charge is -2.24. The summed E-state index contributed by atoms with van der Waals surface area (Å²) in [7, 11) is 4.14. The van der Waals surface area contributed by atoms with Gasteiger partial charge >= 0.3 is 6.09 Å². The van der Waals surface area contributed by atoms with E-state index in [1.165, 1.54) is 0 Å². The van der Waals surface area contributed by atoms with E-state index in [1.807, 2.05) is 0 Å². The molecule has 0 N–H and O–H groups in total. The normalized spacial score (nSPS) is 30.9. The molecule has 104 valence electrons. The minimum absolute atomic E-state index is 0.182. The van der Waals surface area contributed by atoms with E-state index in [0.29, 0.717) is 25.1 Å². The van der Waals surface area contributed by atoms with Crippen LogP contribution in [0.15, 0.2) is 0 Å². The Morgan fingerprint density at radius 2 is 2.22 bits per heavy atom. The summed E-state index contributed by atoms with van der Waals surface area (Å²) >= 11 is 0. The number of likely N-dealkylation sites (N-methyl/N-ethyl adjacent to an activating group) is 1. The van der Waals surface area contributed by atoms with Crippen LogP contribution in [0.2, 0.25) is 0 Å². The Morgan fingerprint density at radius 1 is 1.44 bits per heavy atom. The fraction of sp³-hybridized carbons (Fsp3) is 0.923. The molecule has 5 heteroatoms. The van der Waals surface area contributed by atoms with Gasteiger partial charge < -0.3 is 19.3 Å². The molecule has 2 fully saturated rings. The molecule has 0 spiro atoms. The van der Waals surface area contributed by atoms with Crippen LogP contribution in [0.3, 0.4) is 0 Å². The molecule has 0 aromatic carbocycles. The van der Waals surface area contributed by atoms with Crippen molar-refractivity contribution >= 4 is 6.09 Å². The zero-order valence-corrected chi connectivity index (χ0v) is 11.6. The van der Waals surface area contributed by atoms with E-state index < -0.39 is 0 Å². The molecule has 18 heavy (non-hydrogen) atoms. The van der Waals surface area contributed by atoms with Crippen molar-refractivity contribution in [2.45, 2.75) is 31.9 Å². The summed E-state index contributed by atoms with van der Waals surface area (Å²) in [4.78, 5) is 15.8. The molecule has 0 aromatic rings. The number of nitrogens with zero attached hydrogens (tertiary/aromatic N) is 2. The number of fused-ring (bicyclic) bond motifs is 1. The van der Waals surface area contributed by atoms with Gasteiger partial charge in [-0.15, -0.1) is 0 Å². The largest absolute Gasteiger partial charge is 0.449 e. The molecule has 5 nitrogen and oxygen atoms in total. The van der Waals surface area contributed by atoms with Crippen LogP contribution in [0.1, 0.15) is 19.8 Å². The first-order chi connectivity index (χ1) is 8.63. The van der Waals surface area contributed by atoms with Crippen molar-refractivity contribution in [3.05, 3.63) is 0 Å². The lowest BCUT2D eigenvalue weighted by atomic mass is 10.00. The van der Waals surface area contributed by atoms with E-state index >= 15 is 0 Å². The average Bonchev–Trinajstić information content (AvgIpc) is 2.87. The van der Waals surface area contributed by atoms with Crippen molar-refractivity contribution in [2.75, 3.05) is 40.4 Å². The van der Waals surface area contributed by atoms with Crippen LogP contribution >= 0.6 is 0 Å². The topological polar surface area (TPSA) is 42.0 Å². The number of unbranched alkanes of at least 4 members (excludes halogenated alkanes) is 1. The third kappa shape index (κ3) is 2.78. The summed E-state index contributed by atoms with van der Waals surface area (Å²) in [5.74, 6) is 0.429. The lowest BCUT2D eigenvalue weighted by molar-refractivity contribution is 0.0752. The Kier molecular flexibility index (Phi) is 4.45. The zero-order valence-electron chi connectivity index (χ0n) is 11.6. The predicted octanol–water partition coefficient (Wildman–Crippen LogP) is 1.18. The summed E-state index contributed by atoms with van der Waals surface area (Å²) in [6, 6.07) is 0.420. The fourth-order valence-electron chi connectivity index (χ4n) is 2.77. The molecule has 2 rings (SSSR count). The van der Waals surface area contributed by atoms with Gasteiger partial charge in [-0.3, -0.25) is 0 Å². The van der Waals surface area contributed by atoms with Crippen LogP contribution in [0.25, 0.3) is 0 Å². The first kappa shape index (κ1) is 13.6. The van der Waals surface area contributed by atoms with E-state index in [9.17, 15) is 4.79 Å². The first-order valence-corrected chi connectivity index (χ1v) is 6.83. The van der Waals surface area contributed by atoms with Crippen molar-refractivity contribution in [1.82, 2.24) is 9.80 Å². The van der Waals surface area contributed by atoms with Gasteiger partial charge in [0, 0.05) is 18.5 Å². The van der Waals surface area contributed by atoms with E-state index in [0.717, 1.165) is 26.0 Å². The summed E-state index contributed by atoms with van der Waals surface area (Å²) in [6.45, 7) is 4.84. The summed E-state index contributed by atoms with van der Waals surface area (Å²) < 4.78 is 11.0. The lowest BCUT2D eigenvalue weighted by Crippen LogP contribution is -2.38. The number of hydrogen-bond donors (Lipinski definition) is 0. The maximum atomic E-state index is 11.9. The van der Waals surface area contributed by atoms with Gasteiger partial charge in [0.25, 0.3) is 0 Å². The van der Waals surface area contributed by atoms with Crippen LogP contribution < -0.4 is 0 Å². The van der Waals surface area contributed by atoms with Gasteiger partial charge in [-0.2, -0.15) is 0 Å². The summed E-state index contributed by atoms with van der Waals surface area (Å²) in [5, 5.41) is 0. The first-order valence-electron chi connectivity index (χ1n) is 6.83. The van der Waals surface area contributed by atoms with Crippen LogP contribution in [0.4, 0.5) is 4.79 Å². The summed E-state index contributed by atoms with van der Waals surface area (Å²) in [5.41, 5.74) is 0. The van der Waals surface area contributed by atoms with Gasteiger partial charge in [-0.25, -0.2) is 4.79 Å². The zero-order chi connectivity index (χ0) is 13.1. The van der Waals surface area contributed by atoms with Crippen LogP contribution in [0, 0.1) is 5.92 Å². The van der Waals surface area contributed by atoms with Crippen LogP contribution in [-0.2, 0) is 9.47 Å². The Labute approximate surface area is 109 Å². The highest BCUT2D eigenvalue weighted by Crippen LogP contribution is 2.31. The number of carbonyl (C=O) groups is 1. The molecule has 2 aliphatic heterocycles. The number of likely N-dealkylation sites (tertiary alicyclic amines) is 1. The number of amides is 1. The standard InChI is InChI=1S/C13H24N2O3/c1-4-5-6-17-13(16)15-7-10-11(14(2)3)9-18-12(10)8-15/h10-12H,4-9H2,1-3H3. The van der Waals surface area contributed by atoms with Gasteiger partial charge in [0.1, 0.15) is 0 Å². The maximum absolute atomic E-state index is 11.9. The molecule has 0 radical (unpaired) electrons. The molecule has 0 saturated carbocycles. The second kappa shape index (κ2) is 5.89. The quantitative estimate of drug-likeness (QED) is 0.708. The predicted molar refractivity (Wildman–Crippen MR) is 68.5 cm³/mol. The molecule has 0 bridgehead atoms. The molecular weight excluding hydrogens is 232 g/mol. The Bertz CT molecular complexity index is 296. The van der Waals surface area contributed by atoms with Crippen LogP contribution in [0.5, 0.6) is 0 Å². The second-order valence-electron chi connectivity index (χ2n) is 5.44. The van der Waals surface area contributed by atoms with Crippen molar-refractivity contribution in [1.29, 1.82) is 0 Å². The van der Waals surface area contributed by atoms with Crippen LogP contribution in [-0.4, -0.2) is 68.4 Å². The second-order valence-corrected chi connectivity index (χ2v) is 5.44. The van der Waals surface area contributed by atoms with Gasteiger partial charge in [0.15, 0.2) is 0 Å². The van der Waals surface area contributed by atoms with E-state index in [4.69, 9.17) is 9.47 Å². The van der Waals surface area contributed by atoms with Gasteiger partial charge in [0.2, 0.25) is 0 Å². The average molecular weight is 256 g/mol. The molecule has 2 heterocycles. The van der Waals surface area contributed by atoms with Crippen molar-refractivity contribution in [3.8, 4) is 0 Å². The SMILES string of the molecule is CCCCOC(=O)N1CC2OCC(N(C)C)C2C1. The smallest absolute Gasteiger partial charge is 0.409 e.